The second-order valence-electron chi connectivity index (χ2n) is 8.57. The van der Waals surface area contributed by atoms with E-state index in [1.165, 1.54) is 5.57 Å². The Morgan fingerprint density at radius 3 is 2.71 bits per heavy atom. The summed E-state index contributed by atoms with van der Waals surface area (Å²) in [4.78, 5) is 12.4. The van der Waals surface area contributed by atoms with Gasteiger partial charge in [0.2, 0.25) is 0 Å². The van der Waals surface area contributed by atoms with Crippen LogP contribution in [0.5, 0.6) is 0 Å². The lowest BCUT2D eigenvalue weighted by atomic mass is 9.76. The molecule has 0 aromatic carbocycles. The van der Waals surface area contributed by atoms with Crippen LogP contribution in [0, 0.1) is 11.8 Å². The number of rotatable bonds is 2. The van der Waals surface area contributed by atoms with Crippen molar-refractivity contribution in [3.63, 3.8) is 0 Å². The predicted octanol–water partition coefficient (Wildman–Crippen LogP) is 3.56. The van der Waals surface area contributed by atoms with Crippen molar-refractivity contribution in [1.29, 1.82) is 0 Å². The summed E-state index contributed by atoms with van der Waals surface area (Å²) in [5.41, 5.74) is 2.25. The second kappa shape index (κ2) is 5.43. The average Bonchev–Trinajstić information content (AvgIpc) is 3.36. The van der Waals surface area contributed by atoms with E-state index in [0.717, 1.165) is 37.7 Å². The molecule has 3 heterocycles. The molecule has 0 N–H and O–H groups in total. The maximum absolute atomic E-state index is 12.4. The van der Waals surface area contributed by atoms with Gasteiger partial charge in [-0.2, -0.15) is 0 Å². The lowest BCUT2D eigenvalue weighted by Crippen LogP contribution is -2.36. The molecule has 4 nitrogen and oxygen atoms in total. The quantitative estimate of drug-likeness (QED) is 0.441. The van der Waals surface area contributed by atoms with Gasteiger partial charge in [-0.15, -0.1) is 0 Å². The highest BCUT2D eigenvalue weighted by Crippen LogP contribution is 2.49. The molecular weight excluding hydrogens is 304 g/mol. The van der Waals surface area contributed by atoms with Crippen LogP contribution in [0.3, 0.4) is 0 Å². The minimum Gasteiger partial charge on any atom is -0.461 e. The largest absolute Gasteiger partial charge is 0.461 e. The Kier molecular flexibility index (Phi) is 3.70. The zero-order valence-electron chi connectivity index (χ0n) is 15.0. The molecule has 4 heteroatoms. The van der Waals surface area contributed by atoms with Gasteiger partial charge >= 0.3 is 5.97 Å². The normalized spacial score (nSPS) is 45.4. The van der Waals surface area contributed by atoms with Crippen molar-refractivity contribution in [2.45, 2.75) is 76.3 Å². The van der Waals surface area contributed by atoms with E-state index in [1.54, 1.807) is 0 Å². The van der Waals surface area contributed by atoms with Gasteiger partial charge in [0, 0.05) is 5.92 Å². The van der Waals surface area contributed by atoms with E-state index >= 15 is 0 Å². The summed E-state index contributed by atoms with van der Waals surface area (Å²) < 4.78 is 17.1. The molecule has 3 aliphatic heterocycles. The number of hydrogen-bond acceptors (Lipinski definition) is 4. The molecule has 4 aliphatic rings. The molecular formula is C20H28O4. The monoisotopic (exact) mass is 332 g/mol. The van der Waals surface area contributed by atoms with Crippen LogP contribution in [0.2, 0.25) is 0 Å². The molecule has 0 radical (unpaired) electrons. The van der Waals surface area contributed by atoms with Crippen molar-refractivity contribution in [1.82, 2.24) is 0 Å². The smallest absolute Gasteiger partial charge is 0.313 e. The van der Waals surface area contributed by atoms with Crippen LogP contribution >= 0.6 is 0 Å². The summed E-state index contributed by atoms with van der Waals surface area (Å²) in [6, 6.07) is 0. The van der Waals surface area contributed by atoms with Gasteiger partial charge in [0.1, 0.15) is 6.61 Å². The fourth-order valence-electron chi connectivity index (χ4n) is 4.46. The Labute approximate surface area is 144 Å². The molecule has 0 aromatic rings. The van der Waals surface area contributed by atoms with Crippen molar-refractivity contribution >= 4 is 5.97 Å². The van der Waals surface area contributed by atoms with E-state index in [1.807, 2.05) is 0 Å². The van der Waals surface area contributed by atoms with Gasteiger partial charge in [0.25, 0.3) is 0 Å². The summed E-state index contributed by atoms with van der Waals surface area (Å²) in [5.74, 6) is -0.0635. The third kappa shape index (κ3) is 2.84. The first-order chi connectivity index (χ1) is 11.3. The number of hydrogen-bond donors (Lipinski definition) is 0. The molecule has 3 saturated heterocycles. The maximum atomic E-state index is 12.4. The highest BCUT2D eigenvalue weighted by Gasteiger charge is 2.53. The van der Waals surface area contributed by atoms with Crippen molar-refractivity contribution in [2.75, 3.05) is 6.61 Å². The van der Waals surface area contributed by atoms with E-state index in [-0.39, 0.29) is 35.1 Å². The average molecular weight is 332 g/mol. The summed E-state index contributed by atoms with van der Waals surface area (Å²) >= 11 is 0. The van der Waals surface area contributed by atoms with Gasteiger partial charge < -0.3 is 14.2 Å². The summed E-state index contributed by atoms with van der Waals surface area (Å²) in [7, 11) is 0. The summed E-state index contributed by atoms with van der Waals surface area (Å²) in [6.07, 6.45) is 7.55. The number of cyclic esters (lactones) is 1. The van der Waals surface area contributed by atoms with Crippen LogP contribution in [-0.4, -0.2) is 36.0 Å². The number of carbonyl (C=O) groups is 1. The topological polar surface area (TPSA) is 51.4 Å². The second-order valence-corrected chi connectivity index (χ2v) is 8.57. The lowest BCUT2D eigenvalue weighted by molar-refractivity contribution is -0.151. The Hall–Kier alpha value is -1.13. The Morgan fingerprint density at radius 2 is 2.00 bits per heavy atom. The summed E-state index contributed by atoms with van der Waals surface area (Å²) in [6.45, 7) is 11.1. The molecule has 1 saturated carbocycles. The standard InChI is InChI=1S/C20H28O4/c1-12-5-7-16-20(4,24-16)10-9-14-13(11-22-18(21)17(12)14)6-8-15-19(2,3)23-15/h6,14-17H,1,5,7-11H2,2-4H3/b13-6-/t14-,15+,16+,17+,20+/m1/s1. The van der Waals surface area contributed by atoms with Gasteiger partial charge in [0.05, 0.1) is 29.3 Å². The third-order valence-corrected chi connectivity index (χ3v) is 6.43. The molecule has 0 spiro atoms. The molecule has 4 fully saturated rings. The van der Waals surface area contributed by atoms with E-state index in [4.69, 9.17) is 14.2 Å². The van der Waals surface area contributed by atoms with Crippen molar-refractivity contribution in [3.8, 4) is 0 Å². The number of ether oxygens (including phenoxy) is 3. The van der Waals surface area contributed by atoms with Crippen LogP contribution < -0.4 is 0 Å². The number of epoxide rings is 2. The van der Waals surface area contributed by atoms with Crippen LogP contribution in [0.15, 0.2) is 23.8 Å². The molecule has 4 rings (SSSR count). The first kappa shape index (κ1) is 16.3. The van der Waals surface area contributed by atoms with Gasteiger partial charge in [-0.1, -0.05) is 18.2 Å². The van der Waals surface area contributed by atoms with E-state index in [2.05, 4.69) is 33.4 Å². The molecule has 24 heavy (non-hydrogen) atoms. The highest BCUT2D eigenvalue weighted by atomic mass is 16.6. The minimum atomic E-state index is -0.181. The number of esters is 1. The lowest BCUT2D eigenvalue weighted by Gasteiger charge is -2.34. The highest BCUT2D eigenvalue weighted by molar-refractivity contribution is 5.78. The van der Waals surface area contributed by atoms with Gasteiger partial charge in [-0.05, 0) is 58.4 Å². The van der Waals surface area contributed by atoms with Crippen molar-refractivity contribution < 1.29 is 19.0 Å². The first-order valence-corrected chi connectivity index (χ1v) is 9.19. The molecule has 0 bridgehead atoms. The minimum absolute atomic E-state index is 0.00320. The van der Waals surface area contributed by atoms with Crippen molar-refractivity contribution in [3.05, 3.63) is 23.8 Å². The zero-order chi connectivity index (χ0) is 17.1. The van der Waals surface area contributed by atoms with Crippen LogP contribution in [-0.2, 0) is 19.0 Å². The van der Waals surface area contributed by atoms with E-state index in [0.29, 0.717) is 12.7 Å². The molecule has 1 aliphatic carbocycles. The van der Waals surface area contributed by atoms with Gasteiger partial charge in [-0.25, -0.2) is 0 Å². The van der Waals surface area contributed by atoms with Gasteiger partial charge in [0.15, 0.2) is 0 Å². The fraction of sp³-hybridized carbons (Fsp3) is 0.750. The van der Waals surface area contributed by atoms with Crippen LogP contribution in [0.25, 0.3) is 0 Å². The Bertz CT molecular complexity index is 605. The molecule has 0 aromatic heterocycles. The molecule has 0 unspecified atom stereocenters. The molecule has 5 atom stereocenters. The SMILES string of the molecule is C=C1CC[C@@H]2O[C@@]2(C)CC[C@@H]2/C(=C\C[C@@H]3OC3(C)C)COC(=O)[C@@H]12. The number of fused-ring (bicyclic) bond motifs is 2. The fourth-order valence-corrected chi connectivity index (χ4v) is 4.46. The Balaban J connectivity index is 1.55. The maximum Gasteiger partial charge on any atom is 0.313 e. The number of carbonyl (C=O) groups excluding carboxylic acids is 1. The van der Waals surface area contributed by atoms with Crippen LogP contribution in [0.4, 0.5) is 0 Å². The third-order valence-electron chi connectivity index (χ3n) is 6.43. The van der Waals surface area contributed by atoms with Gasteiger partial charge in [-0.3, -0.25) is 4.79 Å². The van der Waals surface area contributed by atoms with E-state index in [9.17, 15) is 4.79 Å². The molecule has 132 valence electrons. The van der Waals surface area contributed by atoms with E-state index < -0.39 is 0 Å². The van der Waals surface area contributed by atoms with Crippen molar-refractivity contribution in [2.24, 2.45) is 11.8 Å². The van der Waals surface area contributed by atoms with Crippen LogP contribution in [0.1, 0.15) is 52.9 Å². The first-order valence-electron chi connectivity index (χ1n) is 9.19. The Morgan fingerprint density at radius 1 is 1.25 bits per heavy atom. The summed E-state index contributed by atoms with van der Waals surface area (Å²) in [5, 5.41) is 0. The predicted molar refractivity (Wildman–Crippen MR) is 90.5 cm³/mol. The molecule has 0 amide bonds. The zero-order valence-corrected chi connectivity index (χ0v) is 15.0.